The molecule has 1 N–H and O–H groups in total. The van der Waals surface area contributed by atoms with Crippen molar-refractivity contribution in [1.82, 2.24) is 28.9 Å². The van der Waals surface area contributed by atoms with Gasteiger partial charge in [-0.25, -0.2) is 9.78 Å². The number of carbonyl (C=O) groups is 2. The second-order valence-electron chi connectivity index (χ2n) is 7.99. The van der Waals surface area contributed by atoms with Crippen molar-refractivity contribution in [3.05, 3.63) is 62.5 Å². The van der Waals surface area contributed by atoms with Crippen LogP contribution in [0.4, 0.5) is 10.8 Å². The summed E-state index contributed by atoms with van der Waals surface area (Å²) in [5.41, 5.74) is 0.167. The second kappa shape index (κ2) is 8.33. The molecule has 0 saturated carbocycles. The van der Waals surface area contributed by atoms with Gasteiger partial charge in [-0.3, -0.25) is 28.8 Å². The highest BCUT2D eigenvalue weighted by Gasteiger charge is 2.34. The van der Waals surface area contributed by atoms with Crippen molar-refractivity contribution in [2.24, 2.45) is 14.1 Å². The molecular weight excluding hydrogens is 460 g/mol. The SMILES string of the molecule is Cn1c(=O)c2c(ncn2CC(=O)Nc2nnc(C3CC(=O)N(c4ccccc4)C3)s2)n(C)c1=O. The lowest BCUT2D eigenvalue weighted by atomic mass is 10.1. The number of para-hydroxylation sites is 1. The maximum absolute atomic E-state index is 12.6. The topological polar surface area (TPSA) is 137 Å². The van der Waals surface area contributed by atoms with Gasteiger partial charge in [0.15, 0.2) is 11.2 Å². The fourth-order valence-corrected chi connectivity index (χ4v) is 4.86. The molecule has 4 heterocycles. The first kappa shape index (κ1) is 21.7. The maximum atomic E-state index is 12.6. The standard InChI is InChI=1S/C21H20N8O4S/c1-26-17-16(19(32)27(2)21(26)33)28(11-22-17)10-14(30)23-20-25-24-18(34-20)12-8-15(31)29(9-12)13-6-4-3-5-7-13/h3-7,11-12H,8-10H2,1-2H3,(H,23,25,30). The molecule has 0 bridgehead atoms. The van der Waals surface area contributed by atoms with E-state index in [1.54, 1.807) is 4.90 Å². The summed E-state index contributed by atoms with van der Waals surface area (Å²) in [6, 6.07) is 9.43. The molecule has 1 aromatic carbocycles. The van der Waals surface area contributed by atoms with Gasteiger partial charge in [0, 0.05) is 38.7 Å². The van der Waals surface area contributed by atoms with Crippen LogP contribution in [0.3, 0.4) is 0 Å². The molecule has 34 heavy (non-hydrogen) atoms. The Morgan fingerprint density at radius 1 is 1.12 bits per heavy atom. The summed E-state index contributed by atoms with van der Waals surface area (Å²) >= 11 is 1.21. The molecule has 5 rings (SSSR count). The molecule has 2 amide bonds. The average Bonchev–Trinajstić information content (AvgIpc) is 3.55. The number of rotatable bonds is 5. The summed E-state index contributed by atoms with van der Waals surface area (Å²) in [6.45, 7) is 0.303. The van der Waals surface area contributed by atoms with E-state index in [1.807, 2.05) is 30.3 Å². The van der Waals surface area contributed by atoms with E-state index in [9.17, 15) is 19.2 Å². The predicted octanol–water partition coefficient (Wildman–Crippen LogP) is 0.444. The van der Waals surface area contributed by atoms with Crippen molar-refractivity contribution in [3.8, 4) is 0 Å². The van der Waals surface area contributed by atoms with E-state index < -0.39 is 17.2 Å². The number of imidazole rings is 1. The van der Waals surface area contributed by atoms with Gasteiger partial charge in [0.2, 0.25) is 16.9 Å². The molecule has 1 aliphatic heterocycles. The zero-order valence-corrected chi connectivity index (χ0v) is 19.2. The minimum atomic E-state index is -0.532. The largest absolute Gasteiger partial charge is 0.332 e. The first-order chi connectivity index (χ1) is 16.3. The Bertz CT molecular complexity index is 1530. The number of nitrogens with one attached hydrogen (secondary N) is 1. The quantitative estimate of drug-likeness (QED) is 0.438. The van der Waals surface area contributed by atoms with Crippen LogP contribution < -0.4 is 21.5 Å². The number of hydrogen-bond donors (Lipinski definition) is 1. The predicted molar refractivity (Wildman–Crippen MR) is 125 cm³/mol. The number of aromatic nitrogens is 6. The average molecular weight is 481 g/mol. The zero-order chi connectivity index (χ0) is 24.0. The molecule has 174 valence electrons. The number of anilines is 2. The fourth-order valence-electron chi connectivity index (χ4n) is 4.01. The molecule has 0 radical (unpaired) electrons. The molecule has 1 atom stereocenters. The van der Waals surface area contributed by atoms with Gasteiger partial charge in [-0.15, -0.1) is 10.2 Å². The van der Waals surface area contributed by atoms with Gasteiger partial charge in [0.05, 0.1) is 6.33 Å². The minimum Gasteiger partial charge on any atom is -0.315 e. The first-order valence-corrected chi connectivity index (χ1v) is 11.2. The van der Waals surface area contributed by atoms with Gasteiger partial charge in [-0.1, -0.05) is 29.5 Å². The Labute approximate surface area is 196 Å². The van der Waals surface area contributed by atoms with Crippen molar-refractivity contribution in [3.63, 3.8) is 0 Å². The maximum Gasteiger partial charge on any atom is 0.332 e. The van der Waals surface area contributed by atoms with E-state index in [1.165, 1.54) is 40.9 Å². The summed E-state index contributed by atoms with van der Waals surface area (Å²) in [5.74, 6) is -0.524. The van der Waals surface area contributed by atoms with Crippen LogP contribution in [0.15, 0.2) is 46.2 Å². The number of nitrogens with zero attached hydrogens (tertiary/aromatic N) is 7. The molecule has 3 aromatic heterocycles. The molecule has 0 spiro atoms. The van der Waals surface area contributed by atoms with Crippen LogP contribution in [0, 0.1) is 0 Å². The number of fused-ring (bicyclic) bond motifs is 1. The zero-order valence-electron chi connectivity index (χ0n) is 18.3. The normalized spacial score (nSPS) is 15.9. The van der Waals surface area contributed by atoms with E-state index in [4.69, 9.17) is 0 Å². The Morgan fingerprint density at radius 2 is 1.88 bits per heavy atom. The summed E-state index contributed by atoms with van der Waals surface area (Å²) in [5, 5.41) is 11.9. The van der Waals surface area contributed by atoms with Gasteiger partial charge in [-0.2, -0.15) is 0 Å². The lowest BCUT2D eigenvalue weighted by Crippen LogP contribution is -2.37. The van der Waals surface area contributed by atoms with Crippen molar-refractivity contribution in [2.45, 2.75) is 18.9 Å². The van der Waals surface area contributed by atoms with Crippen LogP contribution in [0.2, 0.25) is 0 Å². The Hall–Kier alpha value is -4.13. The van der Waals surface area contributed by atoms with Crippen LogP contribution in [0.5, 0.6) is 0 Å². The van der Waals surface area contributed by atoms with Crippen LogP contribution in [0.1, 0.15) is 17.3 Å². The molecule has 12 nitrogen and oxygen atoms in total. The van der Waals surface area contributed by atoms with E-state index in [0.717, 1.165) is 10.3 Å². The first-order valence-electron chi connectivity index (χ1n) is 10.4. The fraction of sp³-hybridized carbons (Fsp3) is 0.286. The van der Waals surface area contributed by atoms with E-state index in [2.05, 4.69) is 20.5 Å². The third-order valence-electron chi connectivity index (χ3n) is 5.76. The van der Waals surface area contributed by atoms with Gasteiger partial charge in [0.1, 0.15) is 11.6 Å². The van der Waals surface area contributed by atoms with Gasteiger partial charge >= 0.3 is 5.69 Å². The van der Waals surface area contributed by atoms with Crippen LogP contribution >= 0.6 is 11.3 Å². The minimum absolute atomic E-state index is 0.0138. The van der Waals surface area contributed by atoms with Crippen LogP contribution in [-0.2, 0) is 30.2 Å². The number of aryl methyl sites for hydroxylation is 1. The Morgan fingerprint density at radius 3 is 2.65 bits per heavy atom. The third kappa shape index (κ3) is 3.69. The molecule has 4 aromatic rings. The summed E-state index contributed by atoms with van der Waals surface area (Å²) in [4.78, 5) is 55.5. The second-order valence-corrected chi connectivity index (χ2v) is 8.99. The summed E-state index contributed by atoms with van der Waals surface area (Å²) < 4.78 is 3.61. The van der Waals surface area contributed by atoms with Crippen molar-refractivity contribution in [2.75, 3.05) is 16.8 Å². The van der Waals surface area contributed by atoms with Crippen molar-refractivity contribution in [1.29, 1.82) is 0 Å². The van der Waals surface area contributed by atoms with E-state index in [-0.39, 0.29) is 29.5 Å². The van der Waals surface area contributed by atoms with Gasteiger partial charge < -0.3 is 9.47 Å². The summed E-state index contributed by atoms with van der Waals surface area (Å²) in [7, 11) is 2.88. The Balaban J connectivity index is 1.30. The molecule has 1 aliphatic rings. The highest BCUT2D eigenvalue weighted by molar-refractivity contribution is 7.15. The highest BCUT2D eigenvalue weighted by Crippen LogP contribution is 2.34. The monoisotopic (exact) mass is 480 g/mol. The smallest absolute Gasteiger partial charge is 0.315 e. The number of hydrogen-bond acceptors (Lipinski definition) is 8. The molecule has 13 heteroatoms. The van der Waals surface area contributed by atoms with Gasteiger partial charge in [0.25, 0.3) is 5.56 Å². The Kier molecular flexibility index (Phi) is 5.32. The number of carbonyl (C=O) groups excluding carboxylic acids is 2. The molecule has 1 saturated heterocycles. The summed E-state index contributed by atoms with van der Waals surface area (Å²) in [6.07, 6.45) is 1.67. The van der Waals surface area contributed by atoms with E-state index in [0.29, 0.717) is 23.1 Å². The highest BCUT2D eigenvalue weighted by atomic mass is 32.1. The van der Waals surface area contributed by atoms with Crippen molar-refractivity contribution < 1.29 is 9.59 Å². The van der Waals surface area contributed by atoms with E-state index >= 15 is 0 Å². The van der Waals surface area contributed by atoms with Gasteiger partial charge in [-0.05, 0) is 12.1 Å². The van der Waals surface area contributed by atoms with Crippen molar-refractivity contribution >= 4 is 45.1 Å². The molecular formula is C21H20N8O4S. The number of amides is 2. The number of benzene rings is 1. The molecule has 1 fully saturated rings. The molecule has 0 aliphatic carbocycles. The lowest BCUT2D eigenvalue weighted by molar-refractivity contribution is -0.117. The third-order valence-corrected chi connectivity index (χ3v) is 6.76. The van der Waals surface area contributed by atoms with Crippen LogP contribution in [-0.4, -0.2) is 47.2 Å². The molecule has 1 unspecified atom stereocenters. The lowest BCUT2D eigenvalue weighted by Gasteiger charge is -2.15. The van der Waals surface area contributed by atoms with Crippen LogP contribution in [0.25, 0.3) is 11.2 Å².